The molecular formula is C17H26O2. The molecule has 2 rings (SSSR count). The van der Waals surface area contributed by atoms with Crippen LogP contribution < -0.4 is 5.63 Å². The summed E-state index contributed by atoms with van der Waals surface area (Å²) in [5, 5.41) is 0. The molecule has 2 nitrogen and oxygen atoms in total. The van der Waals surface area contributed by atoms with Gasteiger partial charge in [-0.1, -0.05) is 40.0 Å². The van der Waals surface area contributed by atoms with Crippen molar-refractivity contribution in [3.05, 3.63) is 33.4 Å². The van der Waals surface area contributed by atoms with Crippen LogP contribution in [-0.2, 0) is 19.3 Å². The Morgan fingerprint density at radius 1 is 1.05 bits per heavy atom. The van der Waals surface area contributed by atoms with Crippen molar-refractivity contribution in [2.24, 2.45) is 5.41 Å². The lowest BCUT2D eigenvalue weighted by atomic mass is 9.85. The monoisotopic (exact) mass is 262 g/mol. The molecule has 0 aromatic carbocycles. The van der Waals surface area contributed by atoms with Crippen molar-refractivity contribution in [2.75, 3.05) is 0 Å². The molecule has 0 atom stereocenters. The molecular weight excluding hydrogens is 236 g/mol. The van der Waals surface area contributed by atoms with Crippen LogP contribution in [0.5, 0.6) is 0 Å². The molecule has 0 saturated carbocycles. The molecule has 106 valence electrons. The number of hydrogen-bond donors (Lipinski definition) is 0. The first-order valence-electron chi connectivity index (χ1n) is 7.60. The second-order valence-corrected chi connectivity index (χ2v) is 7.00. The summed E-state index contributed by atoms with van der Waals surface area (Å²) in [4.78, 5) is 11.8. The van der Waals surface area contributed by atoms with Gasteiger partial charge in [0.1, 0.15) is 5.76 Å². The van der Waals surface area contributed by atoms with Crippen LogP contribution in [0.2, 0.25) is 0 Å². The molecule has 0 N–H and O–H groups in total. The van der Waals surface area contributed by atoms with Gasteiger partial charge in [-0.15, -0.1) is 0 Å². The minimum atomic E-state index is -0.169. The lowest BCUT2D eigenvalue weighted by molar-refractivity contribution is 0.398. The zero-order chi connectivity index (χ0) is 13.9. The van der Waals surface area contributed by atoms with Gasteiger partial charge in [-0.2, -0.15) is 0 Å². The van der Waals surface area contributed by atoms with Crippen LogP contribution in [0.25, 0.3) is 0 Å². The predicted molar refractivity (Wildman–Crippen MR) is 78.6 cm³/mol. The van der Waals surface area contributed by atoms with Crippen LogP contribution in [0.1, 0.15) is 69.8 Å². The van der Waals surface area contributed by atoms with E-state index in [2.05, 4.69) is 20.8 Å². The van der Waals surface area contributed by atoms with E-state index in [4.69, 9.17) is 4.42 Å². The molecule has 19 heavy (non-hydrogen) atoms. The Morgan fingerprint density at radius 3 is 2.37 bits per heavy atom. The Labute approximate surface area is 116 Å². The third kappa shape index (κ3) is 4.22. The van der Waals surface area contributed by atoms with Crippen molar-refractivity contribution in [2.45, 2.75) is 72.1 Å². The number of rotatable bonds is 1. The minimum Gasteiger partial charge on any atom is -0.428 e. The van der Waals surface area contributed by atoms with Gasteiger partial charge in [-0.3, -0.25) is 0 Å². The van der Waals surface area contributed by atoms with E-state index >= 15 is 0 Å². The molecule has 1 aliphatic carbocycles. The molecule has 0 amide bonds. The maximum atomic E-state index is 11.8. The highest BCUT2D eigenvalue weighted by molar-refractivity contribution is 5.29. The van der Waals surface area contributed by atoms with Crippen molar-refractivity contribution in [1.29, 1.82) is 0 Å². The van der Waals surface area contributed by atoms with Crippen LogP contribution in [0.3, 0.4) is 0 Å². The highest BCUT2D eigenvalue weighted by Gasteiger charge is 2.19. The average molecular weight is 262 g/mol. The topological polar surface area (TPSA) is 30.2 Å². The summed E-state index contributed by atoms with van der Waals surface area (Å²) in [7, 11) is 0. The molecule has 0 spiro atoms. The zero-order valence-corrected chi connectivity index (χ0v) is 12.6. The fourth-order valence-corrected chi connectivity index (χ4v) is 2.97. The smallest absolute Gasteiger partial charge is 0.336 e. The zero-order valence-electron chi connectivity index (χ0n) is 12.6. The highest BCUT2D eigenvalue weighted by Crippen LogP contribution is 2.27. The molecule has 0 fully saturated rings. The van der Waals surface area contributed by atoms with Gasteiger partial charge in [0.05, 0.1) is 0 Å². The van der Waals surface area contributed by atoms with Crippen molar-refractivity contribution < 1.29 is 4.42 Å². The maximum absolute atomic E-state index is 11.8. The average Bonchev–Trinajstić information content (AvgIpc) is 2.38. The lowest BCUT2D eigenvalue weighted by Crippen LogP contribution is -2.16. The van der Waals surface area contributed by atoms with Gasteiger partial charge in [-0.05, 0) is 42.2 Å². The molecule has 1 aliphatic rings. The van der Waals surface area contributed by atoms with Crippen LogP contribution in [0.15, 0.2) is 15.3 Å². The standard InChI is InChI=1S/C17H26O2/c1-17(2,3)12-13-11-16(18)19-15-10-8-6-4-5-7-9-14(13)15/h11H,4-10,12H2,1-3H3. The van der Waals surface area contributed by atoms with Crippen LogP contribution in [0, 0.1) is 5.41 Å². The van der Waals surface area contributed by atoms with E-state index in [-0.39, 0.29) is 11.0 Å². The van der Waals surface area contributed by atoms with E-state index in [1.54, 1.807) is 6.07 Å². The summed E-state index contributed by atoms with van der Waals surface area (Å²) in [6, 6.07) is 1.72. The number of fused-ring (bicyclic) bond motifs is 1. The summed E-state index contributed by atoms with van der Waals surface area (Å²) in [6.07, 6.45) is 9.20. The van der Waals surface area contributed by atoms with E-state index in [0.29, 0.717) is 0 Å². The first-order chi connectivity index (χ1) is 8.96. The fourth-order valence-electron chi connectivity index (χ4n) is 2.97. The number of hydrogen-bond acceptors (Lipinski definition) is 2. The SMILES string of the molecule is CC(C)(C)Cc1cc(=O)oc2c1CCCCCCC2. The Kier molecular flexibility index (Phi) is 4.49. The summed E-state index contributed by atoms with van der Waals surface area (Å²) >= 11 is 0. The molecule has 0 aliphatic heterocycles. The van der Waals surface area contributed by atoms with Crippen molar-refractivity contribution in [3.63, 3.8) is 0 Å². The lowest BCUT2D eigenvalue weighted by Gasteiger charge is -2.21. The summed E-state index contributed by atoms with van der Waals surface area (Å²) in [5.74, 6) is 0.966. The van der Waals surface area contributed by atoms with E-state index in [0.717, 1.165) is 31.4 Å². The van der Waals surface area contributed by atoms with E-state index in [9.17, 15) is 4.79 Å². The number of aryl methyl sites for hydroxylation is 1. The van der Waals surface area contributed by atoms with Crippen LogP contribution >= 0.6 is 0 Å². The van der Waals surface area contributed by atoms with Gasteiger partial charge < -0.3 is 4.42 Å². The Hall–Kier alpha value is -1.05. The molecule has 0 unspecified atom stereocenters. The molecule has 0 radical (unpaired) electrons. The van der Waals surface area contributed by atoms with Crippen molar-refractivity contribution >= 4 is 0 Å². The molecule has 0 bridgehead atoms. The molecule has 2 heteroatoms. The molecule has 1 aromatic heterocycles. The Balaban J connectivity index is 2.39. The van der Waals surface area contributed by atoms with Gasteiger partial charge in [0.25, 0.3) is 0 Å². The van der Waals surface area contributed by atoms with Gasteiger partial charge in [-0.25, -0.2) is 4.79 Å². The van der Waals surface area contributed by atoms with Gasteiger partial charge in [0, 0.05) is 12.5 Å². The van der Waals surface area contributed by atoms with Gasteiger partial charge in [0.2, 0.25) is 0 Å². The maximum Gasteiger partial charge on any atom is 0.336 e. The first-order valence-corrected chi connectivity index (χ1v) is 7.60. The summed E-state index contributed by atoms with van der Waals surface area (Å²) in [5.41, 5.74) is 2.59. The van der Waals surface area contributed by atoms with E-state index < -0.39 is 0 Å². The largest absolute Gasteiger partial charge is 0.428 e. The predicted octanol–water partition coefficient (Wildman–Crippen LogP) is 4.28. The van der Waals surface area contributed by atoms with Gasteiger partial charge >= 0.3 is 5.63 Å². The Bertz CT molecular complexity index is 477. The molecule has 1 aromatic rings. The summed E-state index contributed by atoms with van der Waals surface area (Å²) < 4.78 is 5.49. The highest BCUT2D eigenvalue weighted by atomic mass is 16.4. The van der Waals surface area contributed by atoms with Crippen LogP contribution in [0.4, 0.5) is 0 Å². The minimum absolute atomic E-state index is 0.169. The quantitative estimate of drug-likeness (QED) is 0.756. The third-order valence-electron chi connectivity index (χ3n) is 3.79. The van der Waals surface area contributed by atoms with E-state index in [1.165, 1.54) is 36.8 Å². The van der Waals surface area contributed by atoms with Gasteiger partial charge in [0.15, 0.2) is 0 Å². The Morgan fingerprint density at radius 2 is 1.68 bits per heavy atom. The molecule has 0 saturated heterocycles. The normalized spacial score (nSPS) is 17.2. The third-order valence-corrected chi connectivity index (χ3v) is 3.79. The second-order valence-electron chi connectivity index (χ2n) is 7.00. The molecule has 1 heterocycles. The second kappa shape index (κ2) is 5.94. The van der Waals surface area contributed by atoms with E-state index in [1.807, 2.05) is 0 Å². The first kappa shape index (κ1) is 14.4. The van der Waals surface area contributed by atoms with Crippen LogP contribution in [-0.4, -0.2) is 0 Å². The fraction of sp³-hybridized carbons (Fsp3) is 0.706. The summed E-state index contributed by atoms with van der Waals surface area (Å²) in [6.45, 7) is 6.68. The van der Waals surface area contributed by atoms with Crippen molar-refractivity contribution in [3.8, 4) is 0 Å². The van der Waals surface area contributed by atoms with Crippen molar-refractivity contribution in [1.82, 2.24) is 0 Å².